The van der Waals surface area contributed by atoms with Crippen LogP contribution in [0.25, 0.3) is 0 Å². The summed E-state index contributed by atoms with van der Waals surface area (Å²) in [7, 11) is 0. The Morgan fingerprint density at radius 2 is 2.75 bits per heavy atom. The highest BCUT2D eigenvalue weighted by Gasteiger charge is 1.96. The maximum absolute atomic E-state index is 4.11. The van der Waals surface area contributed by atoms with E-state index in [1.54, 1.807) is 23.5 Å². The van der Waals surface area contributed by atoms with Crippen LogP contribution in [0.2, 0.25) is 0 Å². The second-order valence-corrected chi connectivity index (χ2v) is 3.36. The molecule has 0 N–H and O–H groups in total. The Kier molecular flexibility index (Phi) is 2.49. The topological polar surface area (TPSA) is 12.4 Å². The Balaban J connectivity index is 2.50. The quantitative estimate of drug-likeness (QED) is 0.516. The van der Waals surface area contributed by atoms with Crippen LogP contribution in [0, 0.1) is 0 Å². The maximum Gasteiger partial charge on any atom is 0.129 e. The van der Waals surface area contributed by atoms with Gasteiger partial charge in [-0.05, 0) is 6.26 Å². The maximum atomic E-state index is 4.11. The normalized spacial score (nSPS) is 18.4. The van der Waals surface area contributed by atoms with Crippen molar-refractivity contribution in [3.8, 4) is 0 Å². The van der Waals surface area contributed by atoms with Crippen molar-refractivity contribution in [1.29, 1.82) is 0 Å². The van der Waals surface area contributed by atoms with E-state index in [1.165, 1.54) is 4.38 Å². The molecule has 1 aliphatic rings. The first-order valence-corrected chi connectivity index (χ1v) is 4.54. The zero-order chi connectivity index (χ0) is 5.82. The lowest BCUT2D eigenvalue weighted by Crippen LogP contribution is -1.87. The van der Waals surface area contributed by atoms with E-state index in [4.69, 9.17) is 0 Å². The van der Waals surface area contributed by atoms with Gasteiger partial charge in [-0.2, -0.15) is 0 Å². The zero-order valence-electron chi connectivity index (χ0n) is 4.63. The van der Waals surface area contributed by atoms with Gasteiger partial charge >= 0.3 is 0 Å². The second-order valence-electron chi connectivity index (χ2n) is 1.29. The van der Waals surface area contributed by atoms with E-state index in [0.717, 1.165) is 5.75 Å². The van der Waals surface area contributed by atoms with Crippen molar-refractivity contribution in [2.75, 3.05) is 12.0 Å². The van der Waals surface area contributed by atoms with Crippen molar-refractivity contribution in [2.45, 2.75) is 0 Å². The predicted molar refractivity (Wildman–Crippen MR) is 42.5 cm³/mol. The molecule has 0 fully saturated rings. The molecule has 0 radical (unpaired) electrons. The van der Waals surface area contributed by atoms with Gasteiger partial charge in [0, 0.05) is 12.0 Å². The van der Waals surface area contributed by atoms with Gasteiger partial charge in [0.2, 0.25) is 0 Å². The lowest BCUT2D eigenvalue weighted by Gasteiger charge is -2.00. The van der Waals surface area contributed by atoms with Crippen LogP contribution in [0.5, 0.6) is 0 Å². The van der Waals surface area contributed by atoms with E-state index in [1.807, 2.05) is 12.5 Å². The minimum Gasteiger partial charge on any atom is -0.243 e. The van der Waals surface area contributed by atoms with Gasteiger partial charge in [-0.15, -0.1) is 11.8 Å². The van der Waals surface area contributed by atoms with Crippen LogP contribution >= 0.6 is 23.5 Å². The fraction of sp³-hybridized carbons (Fsp3) is 0.400. The number of thioether (sulfide) groups is 2. The first kappa shape index (κ1) is 6.23. The number of nitrogens with zero attached hydrogens (tertiary/aromatic N) is 1. The van der Waals surface area contributed by atoms with Crippen LogP contribution < -0.4 is 0 Å². The highest BCUT2D eigenvalue weighted by atomic mass is 32.2. The highest BCUT2D eigenvalue weighted by molar-refractivity contribution is 8.38. The van der Waals surface area contributed by atoms with Crippen LogP contribution in [-0.4, -0.2) is 16.4 Å². The van der Waals surface area contributed by atoms with Gasteiger partial charge < -0.3 is 0 Å². The fourth-order valence-corrected chi connectivity index (χ4v) is 1.73. The van der Waals surface area contributed by atoms with Crippen molar-refractivity contribution >= 4 is 27.9 Å². The van der Waals surface area contributed by atoms with Gasteiger partial charge in [0.05, 0.1) is 0 Å². The number of hydrogen-bond donors (Lipinski definition) is 0. The van der Waals surface area contributed by atoms with Gasteiger partial charge in [-0.1, -0.05) is 17.8 Å². The summed E-state index contributed by atoms with van der Waals surface area (Å²) in [5, 5.41) is 0. The molecular formula is C5H7NS2. The zero-order valence-corrected chi connectivity index (χ0v) is 6.26. The third-order valence-electron chi connectivity index (χ3n) is 0.763. The highest BCUT2D eigenvalue weighted by Crippen LogP contribution is 2.17. The Bertz CT molecular complexity index is 128. The molecule has 0 saturated heterocycles. The Hall–Kier alpha value is 0.110. The molecule has 0 aromatic carbocycles. The summed E-state index contributed by atoms with van der Waals surface area (Å²) >= 11 is 3.50. The predicted octanol–water partition coefficient (Wildman–Crippen LogP) is 1.97. The summed E-state index contributed by atoms with van der Waals surface area (Å²) in [6.45, 7) is 0. The second kappa shape index (κ2) is 3.20. The molecule has 1 nitrogen and oxygen atoms in total. The minimum atomic E-state index is 1.08. The summed E-state index contributed by atoms with van der Waals surface area (Å²) in [4.78, 5) is 4.11. The summed E-state index contributed by atoms with van der Waals surface area (Å²) in [5.74, 6) is 1.08. The average Bonchev–Trinajstić information content (AvgIpc) is 1.90. The molecule has 0 aromatic heterocycles. The molecule has 0 aliphatic carbocycles. The van der Waals surface area contributed by atoms with Crippen molar-refractivity contribution in [3.63, 3.8) is 0 Å². The van der Waals surface area contributed by atoms with Gasteiger partial charge in [0.15, 0.2) is 0 Å². The van der Waals surface area contributed by atoms with Crippen LogP contribution in [-0.2, 0) is 0 Å². The number of hydrogen-bond acceptors (Lipinski definition) is 3. The summed E-state index contributed by atoms with van der Waals surface area (Å²) in [6.07, 6.45) is 5.97. The third-order valence-corrected chi connectivity index (χ3v) is 2.78. The summed E-state index contributed by atoms with van der Waals surface area (Å²) in [6, 6.07) is 0. The van der Waals surface area contributed by atoms with Crippen molar-refractivity contribution in [2.24, 2.45) is 4.99 Å². The Morgan fingerprint density at radius 1 is 1.88 bits per heavy atom. The van der Waals surface area contributed by atoms with E-state index in [2.05, 4.69) is 11.1 Å². The molecule has 0 amide bonds. The molecular weight excluding hydrogens is 138 g/mol. The lowest BCUT2D eigenvalue weighted by molar-refractivity contribution is 1.55. The molecule has 0 unspecified atom stereocenters. The molecule has 1 heterocycles. The summed E-state index contributed by atoms with van der Waals surface area (Å²) < 4.78 is 1.17. The SMILES string of the molecule is CSC1=NC=CCS1. The molecule has 1 aliphatic heterocycles. The van der Waals surface area contributed by atoms with Crippen LogP contribution in [0.1, 0.15) is 0 Å². The lowest BCUT2D eigenvalue weighted by atomic mass is 10.7. The molecule has 0 bridgehead atoms. The van der Waals surface area contributed by atoms with E-state index in [0.29, 0.717) is 0 Å². The van der Waals surface area contributed by atoms with Crippen LogP contribution in [0.3, 0.4) is 0 Å². The number of rotatable bonds is 0. The van der Waals surface area contributed by atoms with E-state index >= 15 is 0 Å². The molecule has 1 rings (SSSR count). The Labute approximate surface area is 57.6 Å². The van der Waals surface area contributed by atoms with Crippen LogP contribution in [0.15, 0.2) is 17.3 Å². The van der Waals surface area contributed by atoms with E-state index in [9.17, 15) is 0 Å². The Morgan fingerprint density at radius 3 is 3.12 bits per heavy atom. The van der Waals surface area contributed by atoms with Gasteiger partial charge in [-0.25, -0.2) is 4.99 Å². The standard InChI is InChI=1S/C5H7NS2/c1-7-5-6-3-2-4-8-5/h2-3H,4H2,1H3. The van der Waals surface area contributed by atoms with Crippen molar-refractivity contribution < 1.29 is 0 Å². The summed E-state index contributed by atoms with van der Waals surface area (Å²) in [5.41, 5.74) is 0. The molecule has 8 heavy (non-hydrogen) atoms. The largest absolute Gasteiger partial charge is 0.243 e. The van der Waals surface area contributed by atoms with Crippen molar-refractivity contribution in [3.05, 3.63) is 12.3 Å². The van der Waals surface area contributed by atoms with Gasteiger partial charge in [0.1, 0.15) is 4.38 Å². The molecule has 3 heteroatoms. The first-order chi connectivity index (χ1) is 3.93. The smallest absolute Gasteiger partial charge is 0.129 e. The van der Waals surface area contributed by atoms with E-state index < -0.39 is 0 Å². The molecule has 0 aromatic rings. The fourth-order valence-electron chi connectivity index (χ4n) is 0.425. The van der Waals surface area contributed by atoms with Gasteiger partial charge in [-0.3, -0.25) is 0 Å². The molecule has 0 spiro atoms. The van der Waals surface area contributed by atoms with E-state index in [-0.39, 0.29) is 0 Å². The minimum absolute atomic E-state index is 1.08. The third kappa shape index (κ3) is 1.56. The molecule has 0 saturated carbocycles. The van der Waals surface area contributed by atoms with Crippen LogP contribution in [0.4, 0.5) is 0 Å². The molecule has 0 atom stereocenters. The monoisotopic (exact) mass is 145 g/mol. The average molecular weight is 145 g/mol. The van der Waals surface area contributed by atoms with Crippen molar-refractivity contribution in [1.82, 2.24) is 0 Å². The van der Waals surface area contributed by atoms with Gasteiger partial charge in [0.25, 0.3) is 0 Å². The number of aliphatic imine (C=N–C) groups is 1. The molecule has 44 valence electrons. The first-order valence-electron chi connectivity index (χ1n) is 2.33.